The molecule has 1 aromatic heterocycles. The highest BCUT2D eigenvalue weighted by Crippen LogP contribution is 2.38. The molecule has 1 unspecified atom stereocenters. The zero-order chi connectivity index (χ0) is 20.4. The smallest absolute Gasteiger partial charge is 0.299 e. The fourth-order valence-corrected chi connectivity index (χ4v) is 3.70. The lowest BCUT2D eigenvalue weighted by atomic mass is 9.86. The van der Waals surface area contributed by atoms with E-state index < -0.39 is 17.2 Å². The minimum absolute atomic E-state index is 0.0711. The maximum atomic E-state index is 12.7. The van der Waals surface area contributed by atoms with Crippen molar-refractivity contribution in [3.05, 3.63) is 89.6 Å². The molecule has 28 heavy (non-hydrogen) atoms. The highest BCUT2D eigenvalue weighted by molar-refractivity contribution is 6.37. The number of hydrogen-bond donors (Lipinski definition) is 1. The summed E-state index contributed by atoms with van der Waals surface area (Å²) in [6.07, 6.45) is 1.25. The van der Waals surface area contributed by atoms with E-state index in [4.69, 9.17) is 34.8 Å². The van der Waals surface area contributed by atoms with Crippen LogP contribution in [0.2, 0.25) is 15.1 Å². The number of ketones is 1. The number of hydrogen-bond acceptors (Lipinski definition) is 4. The molecule has 0 fully saturated rings. The second-order valence-corrected chi connectivity index (χ2v) is 7.23. The van der Waals surface area contributed by atoms with Crippen LogP contribution in [-0.2, 0) is 4.79 Å². The Morgan fingerprint density at radius 1 is 1.11 bits per heavy atom. The molecule has 1 N–H and O–H groups in total. The number of nitrogens with one attached hydrogen (secondary N) is 1. The number of halogens is 3. The summed E-state index contributed by atoms with van der Waals surface area (Å²) in [4.78, 5) is 38.0. The monoisotopic (exact) mass is 437 g/mol. The minimum Gasteiger partial charge on any atom is -0.299 e. The third-order valence-corrected chi connectivity index (χ3v) is 5.06. The normalized spacial score (nSPS) is 12.0. The van der Waals surface area contributed by atoms with Crippen molar-refractivity contribution in [2.75, 3.05) is 0 Å². The van der Waals surface area contributed by atoms with Crippen molar-refractivity contribution < 1.29 is 4.79 Å². The molecule has 6 nitrogen and oxygen atoms in total. The lowest BCUT2D eigenvalue weighted by Crippen LogP contribution is -2.30. The van der Waals surface area contributed by atoms with Gasteiger partial charge in [0, 0.05) is 27.1 Å². The Labute approximate surface area is 174 Å². The SMILES string of the molecule is CCC(=O)C(c1ccc(Cl)cc1)c1c(Cl)cc(-n2ncc(=O)[nH]c2=O)cc1Cl. The summed E-state index contributed by atoms with van der Waals surface area (Å²) < 4.78 is 0.960. The van der Waals surface area contributed by atoms with Crippen LogP contribution in [0.3, 0.4) is 0 Å². The van der Waals surface area contributed by atoms with Crippen LogP contribution in [0.5, 0.6) is 0 Å². The lowest BCUT2D eigenvalue weighted by molar-refractivity contribution is -0.119. The Balaban J connectivity index is 2.17. The molecular weight excluding hydrogens is 425 g/mol. The van der Waals surface area contributed by atoms with Gasteiger partial charge in [0.25, 0.3) is 5.56 Å². The van der Waals surface area contributed by atoms with Crippen molar-refractivity contribution in [2.45, 2.75) is 19.3 Å². The van der Waals surface area contributed by atoms with Gasteiger partial charge in [0.1, 0.15) is 12.0 Å². The molecule has 1 heterocycles. The first-order valence-electron chi connectivity index (χ1n) is 8.28. The maximum absolute atomic E-state index is 12.7. The van der Waals surface area contributed by atoms with Gasteiger partial charge in [-0.3, -0.25) is 14.6 Å². The number of aromatic nitrogens is 3. The number of H-pyrrole nitrogens is 1. The molecule has 0 aliphatic rings. The van der Waals surface area contributed by atoms with E-state index >= 15 is 0 Å². The van der Waals surface area contributed by atoms with Crippen molar-refractivity contribution in [3.63, 3.8) is 0 Å². The lowest BCUT2D eigenvalue weighted by Gasteiger charge is -2.20. The van der Waals surface area contributed by atoms with Crippen LogP contribution in [0.1, 0.15) is 30.4 Å². The third-order valence-electron chi connectivity index (χ3n) is 4.18. The highest BCUT2D eigenvalue weighted by Gasteiger charge is 2.27. The minimum atomic E-state index is -0.730. The Kier molecular flexibility index (Phi) is 6.03. The quantitative estimate of drug-likeness (QED) is 0.653. The molecule has 0 radical (unpaired) electrons. The topological polar surface area (TPSA) is 84.8 Å². The Hall–Kier alpha value is -2.41. The Bertz CT molecular complexity index is 1130. The molecule has 0 aliphatic carbocycles. The average molecular weight is 439 g/mol. The van der Waals surface area contributed by atoms with Gasteiger partial charge < -0.3 is 0 Å². The van der Waals surface area contributed by atoms with E-state index in [2.05, 4.69) is 10.1 Å². The van der Waals surface area contributed by atoms with Crippen molar-refractivity contribution in [2.24, 2.45) is 0 Å². The first-order chi connectivity index (χ1) is 13.3. The van der Waals surface area contributed by atoms with E-state index in [1.54, 1.807) is 31.2 Å². The summed E-state index contributed by atoms with van der Waals surface area (Å²) in [6, 6.07) is 9.81. The number of benzene rings is 2. The van der Waals surface area contributed by atoms with Gasteiger partial charge in [-0.1, -0.05) is 53.9 Å². The van der Waals surface area contributed by atoms with Crippen molar-refractivity contribution in [1.82, 2.24) is 14.8 Å². The van der Waals surface area contributed by atoms with Gasteiger partial charge in [0.2, 0.25) is 0 Å². The molecule has 0 aliphatic heterocycles. The second-order valence-electron chi connectivity index (χ2n) is 5.98. The van der Waals surface area contributed by atoms with Gasteiger partial charge in [-0.25, -0.2) is 4.79 Å². The molecule has 2 aromatic carbocycles. The van der Waals surface area contributed by atoms with Gasteiger partial charge >= 0.3 is 5.69 Å². The largest absolute Gasteiger partial charge is 0.349 e. The molecule has 1 atom stereocenters. The second kappa shape index (κ2) is 8.31. The van der Waals surface area contributed by atoms with Gasteiger partial charge in [-0.05, 0) is 29.8 Å². The standard InChI is InChI=1S/C19H14Cl3N3O3/c1-2-15(26)17(10-3-5-11(20)6-4-10)18-13(21)7-12(8-14(18)22)25-19(28)24-16(27)9-23-25/h3-9,17H,2H2,1H3,(H,24,27,28). The van der Waals surface area contributed by atoms with Crippen LogP contribution in [0.25, 0.3) is 5.69 Å². The number of aromatic amines is 1. The summed E-state index contributed by atoms with van der Waals surface area (Å²) in [5.41, 5.74) is 0.0438. The van der Waals surface area contributed by atoms with E-state index in [1.807, 2.05) is 0 Å². The van der Waals surface area contributed by atoms with Crippen LogP contribution in [0, 0.1) is 0 Å². The van der Waals surface area contributed by atoms with Gasteiger partial charge in [-0.15, -0.1) is 0 Å². The van der Waals surface area contributed by atoms with Crippen LogP contribution >= 0.6 is 34.8 Å². The Morgan fingerprint density at radius 3 is 2.25 bits per heavy atom. The molecular formula is C19H14Cl3N3O3. The molecule has 3 rings (SSSR count). The zero-order valence-electron chi connectivity index (χ0n) is 14.6. The van der Waals surface area contributed by atoms with Crippen molar-refractivity contribution in [1.29, 1.82) is 0 Å². The molecule has 0 amide bonds. The van der Waals surface area contributed by atoms with Crippen LogP contribution in [-0.4, -0.2) is 20.5 Å². The first-order valence-corrected chi connectivity index (χ1v) is 9.41. The molecule has 3 aromatic rings. The van der Waals surface area contributed by atoms with E-state index in [0.717, 1.165) is 10.9 Å². The molecule has 0 spiro atoms. The Morgan fingerprint density at radius 2 is 1.71 bits per heavy atom. The number of rotatable bonds is 5. The number of carbonyl (C=O) groups excluding carboxylic acids is 1. The summed E-state index contributed by atoms with van der Waals surface area (Å²) in [5.74, 6) is -0.755. The fourth-order valence-electron chi connectivity index (χ4n) is 2.88. The van der Waals surface area contributed by atoms with E-state index in [-0.39, 0.29) is 27.9 Å². The highest BCUT2D eigenvalue weighted by atomic mass is 35.5. The number of Topliss-reactive ketones (excluding diaryl/α,β-unsaturated/α-hetero) is 1. The van der Waals surface area contributed by atoms with Crippen molar-refractivity contribution >= 4 is 40.6 Å². The van der Waals surface area contributed by atoms with E-state index in [0.29, 0.717) is 16.1 Å². The summed E-state index contributed by atoms with van der Waals surface area (Å²) in [5, 5.41) is 4.73. The molecule has 0 saturated heterocycles. The van der Waals surface area contributed by atoms with Gasteiger partial charge in [-0.2, -0.15) is 9.78 Å². The molecule has 0 bridgehead atoms. The zero-order valence-corrected chi connectivity index (χ0v) is 16.8. The molecule has 0 saturated carbocycles. The molecule has 144 valence electrons. The van der Waals surface area contributed by atoms with Crippen LogP contribution < -0.4 is 11.2 Å². The summed E-state index contributed by atoms with van der Waals surface area (Å²) in [7, 11) is 0. The maximum Gasteiger partial charge on any atom is 0.349 e. The average Bonchev–Trinajstić information content (AvgIpc) is 2.65. The predicted molar refractivity (Wildman–Crippen MR) is 109 cm³/mol. The van der Waals surface area contributed by atoms with Crippen molar-refractivity contribution in [3.8, 4) is 5.69 Å². The summed E-state index contributed by atoms with van der Waals surface area (Å²) >= 11 is 18.9. The van der Waals surface area contributed by atoms with E-state index in [9.17, 15) is 14.4 Å². The first kappa shape index (κ1) is 20.3. The van der Waals surface area contributed by atoms with Gasteiger partial charge in [0.05, 0.1) is 11.6 Å². The fraction of sp³-hybridized carbons (Fsp3) is 0.158. The van der Waals surface area contributed by atoms with E-state index in [1.165, 1.54) is 12.1 Å². The third kappa shape index (κ3) is 4.04. The predicted octanol–water partition coefficient (Wildman–Crippen LogP) is 3.99. The molecule has 9 heteroatoms. The van der Waals surface area contributed by atoms with Crippen LogP contribution in [0.15, 0.2) is 52.2 Å². The van der Waals surface area contributed by atoms with Crippen LogP contribution in [0.4, 0.5) is 0 Å². The van der Waals surface area contributed by atoms with Gasteiger partial charge in [0.15, 0.2) is 0 Å². The summed E-state index contributed by atoms with van der Waals surface area (Å²) in [6.45, 7) is 1.76. The number of nitrogens with zero attached hydrogens (tertiary/aromatic N) is 2. The number of carbonyl (C=O) groups is 1.